The number of nitrogens with one attached hydrogen (secondary N) is 2. The summed E-state index contributed by atoms with van der Waals surface area (Å²) < 4.78 is 0. The lowest BCUT2D eigenvalue weighted by molar-refractivity contribution is 0.609. The molecule has 38 heavy (non-hydrogen) atoms. The second-order valence-corrected chi connectivity index (χ2v) is 11.7. The molecule has 5 rings (SSSR count). The minimum Gasteiger partial charge on any atom is -0.375 e. The first-order chi connectivity index (χ1) is 18.5. The predicted molar refractivity (Wildman–Crippen MR) is 163 cm³/mol. The molecule has 196 valence electrons. The molecular formula is C30H34N6S2. The molecule has 2 aromatic heterocycles. The lowest BCUT2D eigenvalue weighted by Gasteiger charge is -2.24. The van der Waals surface area contributed by atoms with Gasteiger partial charge in [0.2, 0.25) is 5.95 Å². The van der Waals surface area contributed by atoms with Crippen molar-refractivity contribution in [3.8, 4) is 0 Å². The molecule has 0 bridgehead atoms. The van der Waals surface area contributed by atoms with Crippen LogP contribution in [0.3, 0.4) is 0 Å². The third kappa shape index (κ3) is 6.03. The van der Waals surface area contributed by atoms with Crippen LogP contribution in [-0.4, -0.2) is 21.0 Å². The van der Waals surface area contributed by atoms with Gasteiger partial charge in [-0.05, 0) is 56.9 Å². The normalized spacial score (nSPS) is 15.9. The van der Waals surface area contributed by atoms with Gasteiger partial charge in [-0.2, -0.15) is 4.98 Å². The molecule has 2 heterocycles. The third-order valence-electron chi connectivity index (χ3n) is 6.80. The maximum Gasteiger partial charge on any atom is 0.225 e. The molecule has 0 saturated heterocycles. The fraction of sp³-hybridized carbons (Fsp3) is 0.300. The van der Waals surface area contributed by atoms with Crippen LogP contribution in [0.15, 0.2) is 76.1 Å². The van der Waals surface area contributed by atoms with Crippen LogP contribution < -0.4 is 16.4 Å². The summed E-state index contributed by atoms with van der Waals surface area (Å²) in [5, 5.41) is 8.90. The van der Waals surface area contributed by atoms with E-state index in [0.717, 1.165) is 48.1 Å². The quantitative estimate of drug-likeness (QED) is 0.148. The molecule has 0 radical (unpaired) electrons. The van der Waals surface area contributed by atoms with Gasteiger partial charge in [0.1, 0.15) is 5.82 Å². The maximum absolute atomic E-state index is 5.96. The van der Waals surface area contributed by atoms with Crippen molar-refractivity contribution in [1.82, 2.24) is 15.0 Å². The molecule has 1 atom stereocenters. The van der Waals surface area contributed by atoms with Crippen LogP contribution in [0.1, 0.15) is 49.7 Å². The monoisotopic (exact) mass is 542 g/mol. The first kappa shape index (κ1) is 26.3. The van der Waals surface area contributed by atoms with E-state index in [1.54, 1.807) is 11.3 Å². The molecule has 0 amide bonds. The van der Waals surface area contributed by atoms with Gasteiger partial charge >= 0.3 is 0 Å². The minimum absolute atomic E-state index is 0.282. The molecule has 4 N–H and O–H groups in total. The van der Waals surface area contributed by atoms with E-state index in [1.807, 2.05) is 30.0 Å². The van der Waals surface area contributed by atoms with Crippen molar-refractivity contribution >= 4 is 50.9 Å². The van der Waals surface area contributed by atoms with Crippen molar-refractivity contribution in [2.75, 3.05) is 16.4 Å². The first-order valence-corrected chi connectivity index (χ1v) is 14.8. The second kappa shape index (κ2) is 12.0. The number of nitrogens with two attached hydrogens (primary N) is 1. The molecule has 1 aliphatic rings. The number of aryl methyl sites for hydroxylation is 1. The first-order valence-electron chi connectivity index (χ1n) is 13.1. The molecule has 4 aromatic rings. The molecule has 0 fully saturated rings. The van der Waals surface area contributed by atoms with E-state index in [2.05, 4.69) is 78.9 Å². The Labute approximate surface area is 232 Å². The van der Waals surface area contributed by atoms with Gasteiger partial charge in [-0.3, -0.25) is 0 Å². The number of nitrogen functional groups attached to an aromatic ring is 1. The van der Waals surface area contributed by atoms with Crippen molar-refractivity contribution in [3.63, 3.8) is 0 Å². The third-order valence-corrected chi connectivity index (χ3v) is 9.07. The van der Waals surface area contributed by atoms with Crippen molar-refractivity contribution in [2.24, 2.45) is 0 Å². The van der Waals surface area contributed by atoms with Crippen LogP contribution in [-0.2, 0) is 19.4 Å². The van der Waals surface area contributed by atoms with E-state index in [4.69, 9.17) is 15.7 Å². The fourth-order valence-corrected chi connectivity index (χ4v) is 6.74. The molecule has 0 aliphatic heterocycles. The maximum atomic E-state index is 5.96. The Hall–Kier alpha value is -3.36. The highest BCUT2D eigenvalue weighted by atomic mass is 32.2. The van der Waals surface area contributed by atoms with Crippen molar-refractivity contribution < 1.29 is 0 Å². The molecule has 0 spiro atoms. The molecule has 0 unspecified atom stereocenters. The number of para-hydroxylation sites is 1. The molecule has 0 saturated carbocycles. The number of hydrogen-bond donors (Lipinski definition) is 3. The van der Waals surface area contributed by atoms with Crippen molar-refractivity contribution in [3.05, 3.63) is 87.3 Å². The van der Waals surface area contributed by atoms with Gasteiger partial charge < -0.3 is 16.4 Å². The van der Waals surface area contributed by atoms with Crippen LogP contribution in [0.2, 0.25) is 0 Å². The van der Waals surface area contributed by atoms with E-state index in [-0.39, 0.29) is 6.04 Å². The van der Waals surface area contributed by atoms with Gasteiger partial charge in [0.15, 0.2) is 5.13 Å². The van der Waals surface area contributed by atoms with Crippen LogP contribution in [0.25, 0.3) is 10.9 Å². The summed E-state index contributed by atoms with van der Waals surface area (Å²) in [6.45, 7) is 7.12. The van der Waals surface area contributed by atoms with E-state index in [9.17, 15) is 0 Å². The van der Waals surface area contributed by atoms with Crippen molar-refractivity contribution in [1.29, 1.82) is 0 Å². The second-order valence-electron chi connectivity index (χ2n) is 9.48. The summed E-state index contributed by atoms with van der Waals surface area (Å²) >= 11 is 3.42. The van der Waals surface area contributed by atoms with Crippen LogP contribution in [0.5, 0.6) is 0 Å². The average Bonchev–Trinajstić information content (AvgIpc) is 3.31. The number of hydrogen-bond acceptors (Lipinski definition) is 8. The predicted octanol–water partition coefficient (Wildman–Crippen LogP) is 7.60. The SMILES string of the molecule is C/C=C\C(Sc1ccccc1CNc1nc(N[C@H]2CCc3nc(N)sc3C2)c2ccccc2n1)=C(/C)CC. The lowest BCUT2D eigenvalue weighted by Crippen LogP contribution is -2.27. The van der Waals surface area contributed by atoms with E-state index >= 15 is 0 Å². The molecule has 1 aliphatic carbocycles. The number of benzene rings is 2. The highest BCUT2D eigenvalue weighted by Gasteiger charge is 2.23. The smallest absolute Gasteiger partial charge is 0.225 e. The number of allylic oxidation sites excluding steroid dienone is 3. The fourth-order valence-electron chi connectivity index (χ4n) is 4.61. The summed E-state index contributed by atoms with van der Waals surface area (Å²) in [6, 6.07) is 17.0. The van der Waals surface area contributed by atoms with Gasteiger partial charge in [0, 0.05) is 39.1 Å². The summed E-state index contributed by atoms with van der Waals surface area (Å²) in [4.78, 5) is 18.1. The number of nitrogens with zero attached hydrogens (tertiary/aromatic N) is 3. The average molecular weight is 543 g/mol. The molecule has 2 aromatic carbocycles. The minimum atomic E-state index is 0.282. The van der Waals surface area contributed by atoms with Gasteiger partial charge in [0.05, 0.1) is 11.2 Å². The topological polar surface area (TPSA) is 88.8 Å². The van der Waals surface area contributed by atoms with Gasteiger partial charge in [-0.1, -0.05) is 66.7 Å². The number of aromatic nitrogens is 3. The number of rotatable bonds is 9. The van der Waals surface area contributed by atoms with E-state index < -0.39 is 0 Å². The highest BCUT2D eigenvalue weighted by molar-refractivity contribution is 8.03. The van der Waals surface area contributed by atoms with Gasteiger partial charge in [0.25, 0.3) is 0 Å². The standard InChI is InChI=1S/C30H34N6S2/c1-4-10-25(19(3)5-2)37-26-14-9-6-11-20(26)18-32-30-35-23-13-8-7-12-22(23)28(36-30)33-21-15-16-24-27(17-21)38-29(31)34-24/h4,6-14,21H,5,15-18H2,1-3H3,(H2,31,34)(H2,32,33,35,36)/b10-4-,25-19-/t21-/m0/s1. The van der Waals surface area contributed by atoms with Crippen LogP contribution in [0, 0.1) is 0 Å². The van der Waals surface area contributed by atoms with Crippen molar-refractivity contribution in [2.45, 2.75) is 63.9 Å². The number of anilines is 3. The molecule has 8 heteroatoms. The molecular weight excluding hydrogens is 509 g/mol. The summed E-state index contributed by atoms with van der Waals surface area (Å²) in [5.74, 6) is 1.49. The lowest BCUT2D eigenvalue weighted by atomic mass is 9.97. The Morgan fingerprint density at radius 2 is 1.95 bits per heavy atom. The Morgan fingerprint density at radius 1 is 1.13 bits per heavy atom. The van der Waals surface area contributed by atoms with E-state index in [0.29, 0.717) is 17.6 Å². The zero-order valence-corrected chi connectivity index (χ0v) is 23.8. The Kier molecular flexibility index (Phi) is 8.29. The molecule has 6 nitrogen and oxygen atoms in total. The summed E-state index contributed by atoms with van der Waals surface area (Å²) in [5.41, 5.74) is 10.6. The summed E-state index contributed by atoms with van der Waals surface area (Å²) in [7, 11) is 0. The zero-order valence-electron chi connectivity index (χ0n) is 22.1. The Bertz CT molecular complexity index is 1490. The number of thiazole rings is 1. The number of thioether (sulfide) groups is 1. The van der Waals surface area contributed by atoms with Crippen LogP contribution in [0.4, 0.5) is 16.9 Å². The van der Waals surface area contributed by atoms with Gasteiger partial charge in [-0.15, -0.1) is 11.3 Å². The Balaban J connectivity index is 1.37. The largest absolute Gasteiger partial charge is 0.375 e. The Morgan fingerprint density at radius 3 is 2.79 bits per heavy atom. The van der Waals surface area contributed by atoms with Gasteiger partial charge in [-0.25, -0.2) is 9.97 Å². The van der Waals surface area contributed by atoms with E-state index in [1.165, 1.54) is 25.8 Å². The summed E-state index contributed by atoms with van der Waals surface area (Å²) in [6.07, 6.45) is 8.19. The zero-order chi connectivity index (χ0) is 26.5. The number of fused-ring (bicyclic) bond motifs is 2. The van der Waals surface area contributed by atoms with Crippen LogP contribution >= 0.6 is 23.1 Å². The highest BCUT2D eigenvalue weighted by Crippen LogP contribution is 2.34.